The number of hydrogen-bond acceptors (Lipinski definition) is 6. The second-order valence-corrected chi connectivity index (χ2v) is 6.82. The van der Waals surface area contributed by atoms with E-state index >= 15 is 0 Å². The molecule has 0 spiro atoms. The molecule has 1 N–H and O–H groups in total. The number of nitrogens with one attached hydrogen (secondary N) is 1. The standard InChI is InChI=1S/C22H26N4O3/c1-2-3-4-5-6-7-11-28-22(27)25-20-10-8-9-17(13-20)18-12-19(15-23-14-18)21-26-24-16-29-21/h8-10,12-16H,2-7,11H2,1H3,(H,25,27). The molecule has 0 aliphatic rings. The fourth-order valence-corrected chi connectivity index (χ4v) is 2.99. The third kappa shape index (κ3) is 6.41. The molecule has 1 amide bonds. The first kappa shape index (κ1) is 20.5. The van der Waals surface area contributed by atoms with Crippen molar-refractivity contribution in [3.8, 4) is 22.6 Å². The van der Waals surface area contributed by atoms with Crippen molar-refractivity contribution < 1.29 is 13.9 Å². The lowest BCUT2D eigenvalue weighted by molar-refractivity contribution is 0.159. The van der Waals surface area contributed by atoms with Crippen molar-refractivity contribution in [2.45, 2.75) is 45.4 Å². The molecular weight excluding hydrogens is 368 g/mol. The maximum absolute atomic E-state index is 12.0. The third-order valence-electron chi connectivity index (χ3n) is 4.52. The highest BCUT2D eigenvalue weighted by atomic mass is 16.5. The van der Waals surface area contributed by atoms with Crippen molar-refractivity contribution in [1.29, 1.82) is 0 Å². The van der Waals surface area contributed by atoms with Crippen molar-refractivity contribution in [2.75, 3.05) is 11.9 Å². The van der Waals surface area contributed by atoms with Gasteiger partial charge in [-0.1, -0.05) is 51.2 Å². The molecule has 29 heavy (non-hydrogen) atoms. The highest BCUT2D eigenvalue weighted by Gasteiger charge is 2.08. The summed E-state index contributed by atoms with van der Waals surface area (Å²) in [5.74, 6) is 0.409. The topological polar surface area (TPSA) is 90.1 Å². The summed E-state index contributed by atoms with van der Waals surface area (Å²) in [5.41, 5.74) is 3.19. The average molecular weight is 394 g/mol. The largest absolute Gasteiger partial charge is 0.449 e. The first-order chi connectivity index (χ1) is 14.3. The number of nitrogens with zero attached hydrogens (tertiary/aromatic N) is 3. The molecule has 7 nitrogen and oxygen atoms in total. The number of rotatable bonds is 10. The van der Waals surface area contributed by atoms with Gasteiger partial charge in [0.25, 0.3) is 0 Å². The van der Waals surface area contributed by atoms with Gasteiger partial charge in [-0.2, -0.15) is 0 Å². The maximum atomic E-state index is 12.0. The van der Waals surface area contributed by atoms with E-state index in [1.54, 1.807) is 12.4 Å². The van der Waals surface area contributed by atoms with Crippen LogP contribution in [-0.2, 0) is 4.74 Å². The zero-order valence-corrected chi connectivity index (χ0v) is 16.6. The minimum atomic E-state index is -0.437. The Morgan fingerprint density at radius 2 is 1.86 bits per heavy atom. The summed E-state index contributed by atoms with van der Waals surface area (Å²) in [6, 6.07) is 9.43. The van der Waals surface area contributed by atoms with Crippen LogP contribution in [0.1, 0.15) is 45.4 Å². The highest BCUT2D eigenvalue weighted by molar-refractivity contribution is 5.86. The molecule has 2 heterocycles. The van der Waals surface area contributed by atoms with Crippen molar-refractivity contribution >= 4 is 11.8 Å². The molecule has 0 aliphatic carbocycles. The quantitative estimate of drug-likeness (QED) is 0.443. The highest BCUT2D eigenvalue weighted by Crippen LogP contribution is 2.26. The van der Waals surface area contributed by atoms with Crippen molar-refractivity contribution in [2.24, 2.45) is 0 Å². The zero-order valence-electron chi connectivity index (χ0n) is 16.6. The van der Waals surface area contributed by atoms with E-state index in [2.05, 4.69) is 27.4 Å². The predicted molar refractivity (Wildman–Crippen MR) is 111 cm³/mol. The molecular formula is C22H26N4O3. The smallest absolute Gasteiger partial charge is 0.411 e. The minimum Gasteiger partial charge on any atom is -0.449 e. The normalized spacial score (nSPS) is 10.7. The Morgan fingerprint density at radius 3 is 2.69 bits per heavy atom. The van der Waals surface area contributed by atoms with Crippen LogP contribution in [0.4, 0.5) is 10.5 Å². The fraction of sp³-hybridized carbons (Fsp3) is 0.364. The van der Waals surface area contributed by atoms with E-state index in [9.17, 15) is 4.79 Å². The molecule has 1 aromatic carbocycles. The van der Waals surface area contributed by atoms with Crippen molar-refractivity contribution in [1.82, 2.24) is 15.2 Å². The summed E-state index contributed by atoms with van der Waals surface area (Å²) in [6.45, 7) is 2.64. The van der Waals surface area contributed by atoms with Crippen LogP contribution in [0.2, 0.25) is 0 Å². The lowest BCUT2D eigenvalue weighted by Crippen LogP contribution is -2.14. The van der Waals surface area contributed by atoms with Gasteiger partial charge >= 0.3 is 6.09 Å². The molecule has 0 radical (unpaired) electrons. The summed E-state index contributed by atoms with van der Waals surface area (Å²) in [5, 5.41) is 10.4. The maximum Gasteiger partial charge on any atom is 0.411 e. The summed E-state index contributed by atoms with van der Waals surface area (Å²) >= 11 is 0. The van der Waals surface area contributed by atoms with E-state index in [0.717, 1.165) is 29.5 Å². The molecule has 152 valence electrons. The molecule has 0 saturated heterocycles. The molecule has 0 unspecified atom stereocenters. The number of hydrogen-bond donors (Lipinski definition) is 1. The number of aromatic nitrogens is 3. The van der Waals surface area contributed by atoms with Crippen LogP contribution in [0, 0.1) is 0 Å². The van der Waals surface area contributed by atoms with Gasteiger partial charge < -0.3 is 9.15 Å². The number of unbranched alkanes of at least 4 members (excludes halogenated alkanes) is 5. The summed E-state index contributed by atoms with van der Waals surface area (Å²) in [4.78, 5) is 16.3. The van der Waals surface area contributed by atoms with Crippen LogP contribution < -0.4 is 5.32 Å². The van der Waals surface area contributed by atoms with Crippen LogP contribution in [-0.4, -0.2) is 27.9 Å². The second kappa shape index (κ2) is 10.9. The molecule has 0 atom stereocenters. The number of ether oxygens (including phenoxy) is 1. The Hall–Kier alpha value is -3.22. The van der Waals surface area contributed by atoms with Gasteiger partial charge in [-0.15, -0.1) is 10.2 Å². The number of pyridine rings is 1. The number of anilines is 1. The fourth-order valence-electron chi connectivity index (χ4n) is 2.99. The van der Waals surface area contributed by atoms with Gasteiger partial charge in [0.1, 0.15) is 0 Å². The molecule has 7 heteroatoms. The number of amides is 1. The third-order valence-corrected chi connectivity index (χ3v) is 4.52. The van der Waals surface area contributed by atoms with Crippen molar-refractivity contribution in [3.63, 3.8) is 0 Å². The predicted octanol–water partition coefficient (Wildman–Crippen LogP) is 5.71. The van der Waals surface area contributed by atoms with Crippen LogP contribution in [0.15, 0.2) is 53.5 Å². The lowest BCUT2D eigenvalue weighted by Gasteiger charge is -2.09. The number of benzene rings is 1. The van der Waals surface area contributed by atoms with Crippen LogP contribution >= 0.6 is 0 Å². The lowest BCUT2D eigenvalue weighted by atomic mass is 10.1. The zero-order chi connectivity index (χ0) is 20.3. The average Bonchev–Trinajstić information content (AvgIpc) is 3.28. The van der Waals surface area contributed by atoms with Crippen LogP contribution in [0.3, 0.4) is 0 Å². The summed E-state index contributed by atoms with van der Waals surface area (Å²) < 4.78 is 10.5. The second-order valence-electron chi connectivity index (χ2n) is 6.82. The molecule has 2 aromatic heterocycles. The molecule has 0 bridgehead atoms. The van der Waals surface area contributed by atoms with Gasteiger partial charge in [0.2, 0.25) is 12.3 Å². The molecule has 3 aromatic rings. The van der Waals surface area contributed by atoms with Gasteiger partial charge in [-0.3, -0.25) is 10.3 Å². The Bertz CT molecular complexity index is 897. The van der Waals surface area contributed by atoms with E-state index in [4.69, 9.17) is 9.15 Å². The van der Waals surface area contributed by atoms with Gasteiger partial charge in [-0.25, -0.2) is 4.79 Å². The van der Waals surface area contributed by atoms with Gasteiger partial charge in [0.15, 0.2) is 0 Å². The van der Waals surface area contributed by atoms with Crippen LogP contribution in [0.5, 0.6) is 0 Å². The Morgan fingerprint density at radius 1 is 1.03 bits per heavy atom. The first-order valence-electron chi connectivity index (χ1n) is 10.0. The summed E-state index contributed by atoms with van der Waals surface area (Å²) in [7, 11) is 0. The van der Waals surface area contributed by atoms with Gasteiger partial charge in [-0.05, 0) is 30.2 Å². The minimum absolute atomic E-state index is 0.409. The number of carbonyl (C=O) groups excluding carboxylic acids is 1. The van der Waals surface area contributed by atoms with E-state index in [1.165, 1.54) is 32.1 Å². The number of carbonyl (C=O) groups is 1. The summed E-state index contributed by atoms with van der Waals surface area (Å²) in [6.07, 6.45) is 11.2. The molecule has 0 aliphatic heterocycles. The van der Waals surface area contributed by atoms with E-state index in [0.29, 0.717) is 18.2 Å². The van der Waals surface area contributed by atoms with Gasteiger partial charge in [0.05, 0.1) is 12.2 Å². The van der Waals surface area contributed by atoms with Crippen molar-refractivity contribution in [3.05, 3.63) is 49.1 Å². The Kier molecular flexibility index (Phi) is 7.74. The SMILES string of the molecule is CCCCCCCCOC(=O)Nc1cccc(-c2cncc(-c3nnco3)c2)c1. The van der Waals surface area contributed by atoms with E-state index in [1.807, 2.05) is 30.3 Å². The Balaban J connectivity index is 1.53. The monoisotopic (exact) mass is 394 g/mol. The Labute approximate surface area is 170 Å². The van der Waals surface area contributed by atoms with Crippen LogP contribution in [0.25, 0.3) is 22.6 Å². The first-order valence-corrected chi connectivity index (χ1v) is 10.0. The van der Waals surface area contributed by atoms with E-state index < -0.39 is 6.09 Å². The molecule has 0 fully saturated rings. The molecule has 0 saturated carbocycles. The van der Waals surface area contributed by atoms with E-state index in [-0.39, 0.29) is 0 Å². The van der Waals surface area contributed by atoms with Gasteiger partial charge in [0, 0.05) is 23.6 Å². The molecule has 3 rings (SSSR count).